The molecule has 0 aliphatic heterocycles. The Kier molecular flexibility index (Phi) is 4.96. The molecule has 0 saturated heterocycles. The summed E-state index contributed by atoms with van der Waals surface area (Å²) in [5.74, 6) is 0.264. The first-order chi connectivity index (χ1) is 9.26. The van der Waals surface area contributed by atoms with E-state index in [1.54, 1.807) is 32.9 Å². The molecule has 1 N–H and O–H groups in total. The molecule has 110 valence electrons. The van der Waals surface area contributed by atoms with Crippen molar-refractivity contribution in [1.29, 1.82) is 0 Å². The molecular formula is C14H19NO5. The summed E-state index contributed by atoms with van der Waals surface area (Å²) in [7, 11) is 2.94. The Morgan fingerprint density at radius 2 is 1.75 bits per heavy atom. The number of carbonyl (C=O) groups is 2. The van der Waals surface area contributed by atoms with E-state index in [1.807, 2.05) is 0 Å². The number of imide groups is 1. The number of alkyl carbamates (subject to hydrolysis) is 1. The SMILES string of the molecule is COc1ccc(C(=O)NC(=O)OC(C)(C)C)c(OC)c1. The molecule has 2 amide bonds. The highest BCUT2D eigenvalue weighted by Crippen LogP contribution is 2.24. The summed E-state index contributed by atoms with van der Waals surface area (Å²) in [5.41, 5.74) is -0.451. The van der Waals surface area contributed by atoms with Crippen LogP contribution >= 0.6 is 0 Å². The monoisotopic (exact) mass is 281 g/mol. The molecule has 0 heterocycles. The summed E-state index contributed by atoms with van der Waals surface area (Å²) in [6.45, 7) is 5.14. The molecule has 0 spiro atoms. The standard InChI is InChI=1S/C14H19NO5/c1-14(2,3)20-13(17)15-12(16)10-7-6-9(18-4)8-11(10)19-5/h6-8H,1-5H3,(H,15,16,17). The van der Waals surface area contributed by atoms with E-state index in [0.29, 0.717) is 11.5 Å². The van der Waals surface area contributed by atoms with Crippen LogP contribution in [0.4, 0.5) is 4.79 Å². The molecule has 0 atom stereocenters. The number of amides is 2. The van der Waals surface area contributed by atoms with Gasteiger partial charge in [-0.2, -0.15) is 0 Å². The molecule has 6 nitrogen and oxygen atoms in total. The fourth-order valence-electron chi connectivity index (χ4n) is 1.45. The van der Waals surface area contributed by atoms with Crippen LogP contribution in [-0.2, 0) is 4.74 Å². The van der Waals surface area contributed by atoms with Gasteiger partial charge < -0.3 is 14.2 Å². The predicted octanol–water partition coefficient (Wildman–Crippen LogP) is 2.37. The third kappa shape index (κ3) is 4.46. The van der Waals surface area contributed by atoms with Gasteiger partial charge >= 0.3 is 6.09 Å². The Morgan fingerprint density at radius 1 is 1.10 bits per heavy atom. The van der Waals surface area contributed by atoms with Crippen molar-refractivity contribution in [3.63, 3.8) is 0 Å². The third-order valence-corrected chi connectivity index (χ3v) is 2.27. The molecule has 0 unspecified atom stereocenters. The van der Waals surface area contributed by atoms with Crippen LogP contribution in [0.3, 0.4) is 0 Å². The number of hydrogen-bond donors (Lipinski definition) is 1. The number of carbonyl (C=O) groups excluding carboxylic acids is 2. The summed E-state index contributed by atoms with van der Waals surface area (Å²) in [6, 6.07) is 4.67. The second-order valence-corrected chi connectivity index (χ2v) is 5.02. The maximum absolute atomic E-state index is 12.0. The normalized spacial score (nSPS) is 10.7. The lowest BCUT2D eigenvalue weighted by atomic mass is 10.1. The van der Waals surface area contributed by atoms with Crippen molar-refractivity contribution in [2.45, 2.75) is 26.4 Å². The number of methoxy groups -OCH3 is 2. The lowest BCUT2D eigenvalue weighted by molar-refractivity contribution is 0.0508. The Morgan fingerprint density at radius 3 is 2.25 bits per heavy atom. The van der Waals surface area contributed by atoms with Crippen LogP contribution in [0.25, 0.3) is 0 Å². The first-order valence-electron chi connectivity index (χ1n) is 6.03. The zero-order valence-corrected chi connectivity index (χ0v) is 12.3. The van der Waals surface area contributed by atoms with Gasteiger partial charge in [-0.15, -0.1) is 0 Å². The van der Waals surface area contributed by atoms with Gasteiger partial charge in [-0.05, 0) is 32.9 Å². The maximum Gasteiger partial charge on any atom is 0.414 e. The van der Waals surface area contributed by atoms with Gasteiger partial charge in [-0.1, -0.05) is 0 Å². The summed E-state index contributed by atoms with van der Waals surface area (Å²) >= 11 is 0. The second-order valence-electron chi connectivity index (χ2n) is 5.02. The van der Waals surface area contributed by atoms with Gasteiger partial charge in [0.25, 0.3) is 5.91 Å². The Balaban J connectivity index is 2.85. The summed E-state index contributed by atoms with van der Waals surface area (Å²) in [4.78, 5) is 23.5. The molecule has 0 aliphatic carbocycles. The average molecular weight is 281 g/mol. The molecule has 0 fully saturated rings. The first-order valence-corrected chi connectivity index (χ1v) is 6.03. The van der Waals surface area contributed by atoms with Crippen molar-refractivity contribution in [2.24, 2.45) is 0 Å². The molecule has 1 aromatic carbocycles. The molecule has 1 aromatic rings. The molecule has 0 radical (unpaired) electrons. The van der Waals surface area contributed by atoms with Gasteiger partial charge in [-0.25, -0.2) is 4.79 Å². The fraction of sp³-hybridized carbons (Fsp3) is 0.429. The van der Waals surface area contributed by atoms with Gasteiger partial charge in [0.1, 0.15) is 17.1 Å². The van der Waals surface area contributed by atoms with E-state index in [0.717, 1.165) is 0 Å². The topological polar surface area (TPSA) is 73.9 Å². The molecule has 0 aliphatic rings. The van der Waals surface area contributed by atoms with Crippen molar-refractivity contribution in [3.8, 4) is 11.5 Å². The van der Waals surface area contributed by atoms with Crippen molar-refractivity contribution in [2.75, 3.05) is 14.2 Å². The van der Waals surface area contributed by atoms with Gasteiger partial charge in [0, 0.05) is 6.07 Å². The molecular weight excluding hydrogens is 262 g/mol. The second kappa shape index (κ2) is 6.27. The smallest absolute Gasteiger partial charge is 0.414 e. The highest BCUT2D eigenvalue weighted by Gasteiger charge is 2.20. The van der Waals surface area contributed by atoms with Crippen LogP contribution in [0.2, 0.25) is 0 Å². The van der Waals surface area contributed by atoms with E-state index >= 15 is 0 Å². The van der Waals surface area contributed by atoms with Gasteiger partial charge in [0.05, 0.1) is 19.8 Å². The van der Waals surface area contributed by atoms with E-state index in [2.05, 4.69) is 5.32 Å². The van der Waals surface area contributed by atoms with E-state index in [4.69, 9.17) is 14.2 Å². The molecule has 0 saturated carbocycles. The maximum atomic E-state index is 12.0. The van der Waals surface area contributed by atoms with Crippen LogP contribution in [0.5, 0.6) is 11.5 Å². The lowest BCUT2D eigenvalue weighted by Crippen LogP contribution is -2.36. The summed E-state index contributed by atoms with van der Waals surface area (Å²) in [6.07, 6.45) is -0.805. The zero-order valence-electron chi connectivity index (χ0n) is 12.3. The number of benzene rings is 1. The highest BCUT2D eigenvalue weighted by atomic mass is 16.6. The van der Waals surface area contributed by atoms with Crippen molar-refractivity contribution >= 4 is 12.0 Å². The largest absolute Gasteiger partial charge is 0.497 e. The lowest BCUT2D eigenvalue weighted by Gasteiger charge is -2.19. The number of nitrogens with one attached hydrogen (secondary N) is 1. The Hall–Kier alpha value is -2.24. The molecule has 20 heavy (non-hydrogen) atoms. The van der Waals surface area contributed by atoms with E-state index in [-0.39, 0.29) is 5.56 Å². The third-order valence-electron chi connectivity index (χ3n) is 2.27. The van der Waals surface area contributed by atoms with Crippen molar-refractivity contribution < 1.29 is 23.8 Å². The van der Waals surface area contributed by atoms with Crippen LogP contribution in [0.15, 0.2) is 18.2 Å². The average Bonchev–Trinajstić information content (AvgIpc) is 2.35. The number of hydrogen-bond acceptors (Lipinski definition) is 5. The first kappa shape index (κ1) is 15.8. The van der Waals surface area contributed by atoms with Crippen LogP contribution in [-0.4, -0.2) is 31.8 Å². The minimum Gasteiger partial charge on any atom is -0.497 e. The predicted molar refractivity (Wildman–Crippen MR) is 73.2 cm³/mol. The van der Waals surface area contributed by atoms with E-state index in [9.17, 15) is 9.59 Å². The number of ether oxygens (including phenoxy) is 3. The van der Waals surface area contributed by atoms with Gasteiger partial charge in [-0.3, -0.25) is 10.1 Å². The number of rotatable bonds is 3. The van der Waals surface area contributed by atoms with E-state index in [1.165, 1.54) is 20.3 Å². The minimum absolute atomic E-state index is 0.221. The van der Waals surface area contributed by atoms with Crippen LogP contribution in [0.1, 0.15) is 31.1 Å². The molecule has 6 heteroatoms. The summed E-state index contributed by atoms with van der Waals surface area (Å²) in [5, 5.41) is 2.14. The Bertz CT molecular complexity index is 505. The highest BCUT2D eigenvalue weighted by molar-refractivity contribution is 6.04. The van der Waals surface area contributed by atoms with Crippen molar-refractivity contribution in [1.82, 2.24) is 5.32 Å². The molecule has 0 bridgehead atoms. The van der Waals surface area contributed by atoms with Crippen LogP contribution in [0, 0.1) is 0 Å². The van der Waals surface area contributed by atoms with Crippen LogP contribution < -0.4 is 14.8 Å². The Labute approximate surface area is 118 Å². The van der Waals surface area contributed by atoms with Gasteiger partial charge in [0.2, 0.25) is 0 Å². The van der Waals surface area contributed by atoms with Gasteiger partial charge in [0.15, 0.2) is 0 Å². The molecule has 1 rings (SSSR count). The zero-order chi connectivity index (χ0) is 15.3. The fourth-order valence-corrected chi connectivity index (χ4v) is 1.45. The van der Waals surface area contributed by atoms with Crippen molar-refractivity contribution in [3.05, 3.63) is 23.8 Å². The van der Waals surface area contributed by atoms with E-state index < -0.39 is 17.6 Å². The quantitative estimate of drug-likeness (QED) is 0.920. The molecule has 0 aromatic heterocycles. The summed E-state index contributed by atoms with van der Waals surface area (Å²) < 4.78 is 15.1. The minimum atomic E-state index is -0.805.